The Morgan fingerprint density at radius 1 is 1.07 bits per heavy atom. The number of nitrogens with one attached hydrogen (secondary N) is 1. The van der Waals surface area contributed by atoms with Gasteiger partial charge in [-0.3, -0.25) is 4.79 Å². The number of nitrogens with zero attached hydrogens (tertiary/aromatic N) is 2. The summed E-state index contributed by atoms with van der Waals surface area (Å²) in [4.78, 5) is 14.1. The Morgan fingerprint density at radius 2 is 1.75 bits per heavy atom. The van der Waals surface area contributed by atoms with Gasteiger partial charge in [-0.15, -0.1) is 0 Å². The highest BCUT2D eigenvalue weighted by molar-refractivity contribution is 7.91. The van der Waals surface area contributed by atoms with Crippen LogP contribution in [0.25, 0.3) is 0 Å². The topological polar surface area (TPSA) is 90.3 Å². The number of rotatable bonds is 10. The van der Waals surface area contributed by atoms with E-state index in [0.29, 0.717) is 17.7 Å². The van der Waals surface area contributed by atoms with Crippen molar-refractivity contribution in [1.29, 1.82) is 5.26 Å². The molecule has 148 valence electrons. The summed E-state index contributed by atoms with van der Waals surface area (Å²) >= 11 is 0. The van der Waals surface area contributed by atoms with Gasteiger partial charge in [0, 0.05) is 13.1 Å². The molecule has 0 atom stereocenters. The van der Waals surface area contributed by atoms with Crippen LogP contribution in [-0.2, 0) is 26.9 Å². The lowest BCUT2D eigenvalue weighted by molar-refractivity contribution is -0.118. The summed E-state index contributed by atoms with van der Waals surface area (Å²) in [6.07, 6.45) is 0.741. The molecule has 1 amide bonds. The normalized spacial score (nSPS) is 11.2. The first-order valence-electron chi connectivity index (χ1n) is 9.06. The molecule has 2 aromatic rings. The van der Waals surface area contributed by atoms with E-state index in [4.69, 9.17) is 5.26 Å². The lowest BCUT2D eigenvalue weighted by Gasteiger charge is -2.16. The van der Waals surface area contributed by atoms with Crippen LogP contribution < -0.4 is 5.32 Å². The molecule has 0 spiro atoms. The Hall–Kier alpha value is -2.69. The summed E-state index contributed by atoms with van der Waals surface area (Å²) in [7, 11) is -1.54. The van der Waals surface area contributed by atoms with Crippen molar-refractivity contribution < 1.29 is 13.2 Å². The predicted octanol–water partition coefficient (Wildman–Crippen LogP) is 2.11. The third kappa shape index (κ3) is 7.91. The fourth-order valence-electron chi connectivity index (χ4n) is 2.78. The van der Waals surface area contributed by atoms with Crippen molar-refractivity contribution >= 4 is 15.7 Å². The van der Waals surface area contributed by atoms with Crippen molar-refractivity contribution in [2.75, 3.05) is 25.9 Å². The van der Waals surface area contributed by atoms with E-state index in [2.05, 4.69) is 22.3 Å². The van der Waals surface area contributed by atoms with Gasteiger partial charge in [-0.25, -0.2) is 8.42 Å². The summed E-state index contributed by atoms with van der Waals surface area (Å²) in [5.41, 5.74) is 2.26. The largest absolute Gasteiger partial charge is 0.355 e. The SMILES string of the molecule is CN(CCCNC(=O)CS(=O)(=O)Cc1ccc(C#N)cc1)Cc1ccccc1. The summed E-state index contributed by atoms with van der Waals surface area (Å²) in [6.45, 7) is 2.06. The van der Waals surface area contributed by atoms with E-state index in [1.807, 2.05) is 31.3 Å². The number of hydrogen-bond donors (Lipinski definition) is 1. The summed E-state index contributed by atoms with van der Waals surface area (Å²) in [5, 5.41) is 11.4. The Morgan fingerprint density at radius 3 is 2.39 bits per heavy atom. The van der Waals surface area contributed by atoms with Crippen molar-refractivity contribution in [3.8, 4) is 6.07 Å². The van der Waals surface area contributed by atoms with Gasteiger partial charge in [0.15, 0.2) is 9.84 Å². The van der Waals surface area contributed by atoms with Crippen LogP contribution in [0.4, 0.5) is 0 Å². The van der Waals surface area contributed by atoms with E-state index in [0.717, 1.165) is 19.5 Å². The van der Waals surface area contributed by atoms with E-state index in [9.17, 15) is 13.2 Å². The third-order valence-corrected chi connectivity index (χ3v) is 5.63. The number of sulfone groups is 1. The maximum Gasteiger partial charge on any atom is 0.235 e. The average Bonchev–Trinajstić information content (AvgIpc) is 2.66. The predicted molar refractivity (Wildman–Crippen MR) is 109 cm³/mol. The molecule has 0 aromatic heterocycles. The van der Waals surface area contributed by atoms with Crippen molar-refractivity contribution in [1.82, 2.24) is 10.2 Å². The molecule has 2 aromatic carbocycles. The molecule has 0 aliphatic heterocycles. The Balaban J connectivity index is 1.68. The fraction of sp³-hybridized carbons (Fsp3) is 0.333. The molecule has 0 radical (unpaired) electrons. The number of hydrogen-bond acceptors (Lipinski definition) is 5. The van der Waals surface area contributed by atoms with Crippen molar-refractivity contribution in [2.45, 2.75) is 18.7 Å². The second-order valence-corrected chi connectivity index (χ2v) is 8.83. The molecular formula is C21H25N3O3S. The van der Waals surface area contributed by atoms with Gasteiger partial charge in [-0.2, -0.15) is 5.26 Å². The molecule has 0 saturated heterocycles. The van der Waals surface area contributed by atoms with E-state index < -0.39 is 21.5 Å². The molecular weight excluding hydrogens is 374 g/mol. The molecule has 28 heavy (non-hydrogen) atoms. The second kappa shape index (κ2) is 10.6. The molecule has 6 nitrogen and oxygen atoms in total. The van der Waals surface area contributed by atoms with Crippen LogP contribution in [-0.4, -0.2) is 45.1 Å². The average molecular weight is 400 g/mol. The number of carbonyl (C=O) groups excluding carboxylic acids is 1. The van der Waals surface area contributed by atoms with Crippen LogP contribution in [0.3, 0.4) is 0 Å². The Kier molecular flexibility index (Phi) is 8.18. The van der Waals surface area contributed by atoms with Crippen LogP contribution in [0.15, 0.2) is 54.6 Å². The van der Waals surface area contributed by atoms with Gasteiger partial charge >= 0.3 is 0 Å². The first-order chi connectivity index (χ1) is 13.4. The molecule has 0 aliphatic rings. The zero-order chi connectivity index (χ0) is 20.4. The number of nitriles is 1. The van der Waals surface area contributed by atoms with Gasteiger partial charge in [-0.1, -0.05) is 42.5 Å². The van der Waals surface area contributed by atoms with Crippen molar-refractivity contribution in [3.05, 3.63) is 71.3 Å². The Bertz CT molecular complexity index is 904. The first kappa shape index (κ1) is 21.6. The van der Waals surface area contributed by atoms with Crippen LogP contribution >= 0.6 is 0 Å². The molecule has 2 rings (SSSR count). The number of carbonyl (C=O) groups is 1. The second-order valence-electron chi connectivity index (χ2n) is 6.77. The highest BCUT2D eigenvalue weighted by Crippen LogP contribution is 2.08. The van der Waals surface area contributed by atoms with Crippen molar-refractivity contribution in [3.63, 3.8) is 0 Å². The lowest BCUT2D eigenvalue weighted by Crippen LogP contribution is -2.33. The van der Waals surface area contributed by atoms with E-state index >= 15 is 0 Å². The fourth-order valence-corrected chi connectivity index (χ4v) is 4.09. The first-order valence-corrected chi connectivity index (χ1v) is 10.9. The molecule has 0 bridgehead atoms. The smallest absolute Gasteiger partial charge is 0.235 e. The molecule has 1 N–H and O–H groups in total. The van der Waals surface area contributed by atoms with Gasteiger partial charge in [0.2, 0.25) is 5.91 Å². The lowest BCUT2D eigenvalue weighted by atomic mass is 10.2. The van der Waals surface area contributed by atoms with E-state index in [1.165, 1.54) is 5.56 Å². The van der Waals surface area contributed by atoms with E-state index in [-0.39, 0.29) is 5.75 Å². The minimum atomic E-state index is -3.55. The molecule has 0 saturated carbocycles. The minimum Gasteiger partial charge on any atom is -0.355 e. The van der Waals surface area contributed by atoms with Gasteiger partial charge in [0.25, 0.3) is 0 Å². The maximum atomic E-state index is 12.2. The third-order valence-electron chi connectivity index (χ3n) is 4.15. The molecule has 0 aliphatic carbocycles. The maximum absolute atomic E-state index is 12.2. The molecule has 7 heteroatoms. The summed E-state index contributed by atoms with van der Waals surface area (Å²) in [5.74, 6) is -1.24. The van der Waals surface area contributed by atoms with Gasteiger partial charge in [0.1, 0.15) is 5.75 Å². The van der Waals surface area contributed by atoms with Crippen LogP contribution in [0.1, 0.15) is 23.1 Å². The zero-order valence-corrected chi connectivity index (χ0v) is 16.8. The summed E-state index contributed by atoms with van der Waals surface area (Å²) in [6, 6.07) is 18.4. The summed E-state index contributed by atoms with van der Waals surface area (Å²) < 4.78 is 24.3. The highest BCUT2D eigenvalue weighted by Gasteiger charge is 2.17. The van der Waals surface area contributed by atoms with Gasteiger partial charge in [0.05, 0.1) is 17.4 Å². The molecule has 0 unspecified atom stereocenters. The van der Waals surface area contributed by atoms with Crippen molar-refractivity contribution in [2.24, 2.45) is 0 Å². The minimum absolute atomic E-state index is 0.216. The van der Waals surface area contributed by atoms with Gasteiger partial charge in [-0.05, 0) is 43.3 Å². The Labute approximate surface area is 166 Å². The monoisotopic (exact) mass is 399 g/mol. The standard InChI is InChI=1S/C21H25N3O3S/c1-24(15-19-6-3-2-4-7-19)13-5-12-23-21(25)17-28(26,27)16-20-10-8-18(14-22)9-11-20/h2-4,6-11H,5,12-13,15-17H2,1H3,(H,23,25). The molecule has 0 fully saturated rings. The van der Waals surface area contributed by atoms with Crippen LogP contribution in [0.2, 0.25) is 0 Å². The van der Waals surface area contributed by atoms with Crippen LogP contribution in [0, 0.1) is 11.3 Å². The van der Waals surface area contributed by atoms with Crippen LogP contribution in [0.5, 0.6) is 0 Å². The number of benzene rings is 2. The quantitative estimate of drug-likeness (QED) is 0.618. The van der Waals surface area contributed by atoms with Gasteiger partial charge < -0.3 is 10.2 Å². The number of amides is 1. The molecule has 0 heterocycles. The van der Waals surface area contributed by atoms with E-state index in [1.54, 1.807) is 24.3 Å². The zero-order valence-electron chi connectivity index (χ0n) is 16.0. The highest BCUT2D eigenvalue weighted by atomic mass is 32.2.